The molecule has 1 aromatic heterocycles. The smallest absolute Gasteiger partial charge is 0.170 e. The summed E-state index contributed by atoms with van der Waals surface area (Å²) in [6.45, 7) is 3.80. The quantitative estimate of drug-likeness (QED) is 0.602. The Labute approximate surface area is 139 Å². The van der Waals surface area contributed by atoms with Crippen LogP contribution in [-0.4, -0.2) is 21.4 Å². The molecule has 0 radical (unpaired) electrons. The van der Waals surface area contributed by atoms with Crippen LogP contribution in [0.25, 0.3) is 0 Å². The molecule has 0 saturated heterocycles. The highest BCUT2D eigenvalue weighted by molar-refractivity contribution is 9.10. The maximum atomic E-state index is 5.28. The maximum absolute atomic E-state index is 5.28. The lowest BCUT2D eigenvalue weighted by molar-refractivity contribution is 0.687. The van der Waals surface area contributed by atoms with E-state index in [1.807, 2.05) is 23.0 Å². The summed E-state index contributed by atoms with van der Waals surface area (Å²) in [5.74, 6) is 0. The minimum atomic E-state index is 0.669. The van der Waals surface area contributed by atoms with Crippen LogP contribution in [0.3, 0.4) is 0 Å². The molecular weight excluding hydrogens is 348 g/mol. The number of unbranched alkanes of at least 4 members (excludes halogenated alkanes) is 1. The average molecular weight is 367 g/mol. The summed E-state index contributed by atoms with van der Waals surface area (Å²) < 4.78 is 2.87. The molecule has 0 spiro atoms. The first-order valence-corrected chi connectivity index (χ1v) is 8.19. The Balaban J connectivity index is 1.92. The zero-order chi connectivity index (χ0) is 15.1. The normalized spacial score (nSPS) is 10.4. The van der Waals surface area contributed by atoms with Crippen LogP contribution in [0.2, 0.25) is 0 Å². The van der Waals surface area contributed by atoms with Gasteiger partial charge in [-0.3, -0.25) is 4.68 Å². The van der Waals surface area contributed by atoms with Crippen LogP contribution >= 0.6 is 28.1 Å². The fourth-order valence-electron chi connectivity index (χ4n) is 1.91. The summed E-state index contributed by atoms with van der Waals surface area (Å²) in [5, 5.41) is 11.3. The topological polar surface area (TPSA) is 41.9 Å². The molecule has 0 aliphatic carbocycles. The Hall–Kier alpha value is -1.40. The zero-order valence-electron chi connectivity index (χ0n) is 12.0. The first-order valence-electron chi connectivity index (χ1n) is 6.99. The zero-order valence-corrected chi connectivity index (χ0v) is 14.4. The van der Waals surface area contributed by atoms with E-state index >= 15 is 0 Å². The molecule has 0 aliphatic rings. The second-order valence-corrected chi connectivity index (χ2v) is 6.11. The molecular formula is C15H19BrN4S. The standard InChI is InChI=1S/C15H19BrN4S/c1-2-3-7-17-15(21)19-14-6-4-5-12(8-14)10-20-11-13(16)9-18-20/h4-6,8-9,11H,2-3,7,10H2,1H3,(H2,17,19,21). The SMILES string of the molecule is CCCCNC(=S)Nc1cccc(Cn2cc(Br)cn2)c1. The van der Waals surface area contributed by atoms with Crippen molar-refractivity contribution in [2.24, 2.45) is 0 Å². The third-order valence-electron chi connectivity index (χ3n) is 2.95. The number of halogens is 1. The van der Waals surface area contributed by atoms with E-state index in [0.29, 0.717) is 5.11 Å². The van der Waals surface area contributed by atoms with Gasteiger partial charge in [0.2, 0.25) is 0 Å². The predicted octanol–water partition coefficient (Wildman–Crippen LogP) is 3.78. The first-order chi connectivity index (χ1) is 10.2. The van der Waals surface area contributed by atoms with Crippen LogP contribution in [0.4, 0.5) is 5.69 Å². The predicted molar refractivity (Wildman–Crippen MR) is 94.6 cm³/mol. The summed E-state index contributed by atoms with van der Waals surface area (Å²) in [6.07, 6.45) is 6.02. The van der Waals surface area contributed by atoms with Crippen LogP contribution in [-0.2, 0) is 6.54 Å². The number of nitrogens with one attached hydrogen (secondary N) is 2. The second kappa shape index (κ2) is 8.14. The Bertz CT molecular complexity index is 597. The van der Waals surface area contributed by atoms with E-state index in [2.05, 4.69) is 50.7 Å². The van der Waals surface area contributed by atoms with Crippen molar-refractivity contribution >= 4 is 38.9 Å². The number of nitrogens with zero attached hydrogens (tertiary/aromatic N) is 2. The van der Waals surface area contributed by atoms with Crippen molar-refractivity contribution in [1.82, 2.24) is 15.1 Å². The van der Waals surface area contributed by atoms with Gasteiger partial charge < -0.3 is 10.6 Å². The third-order valence-corrected chi connectivity index (χ3v) is 3.60. The van der Waals surface area contributed by atoms with E-state index in [0.717, 1.165) is 36.1 Å². The highest BCUT2D eigenvalue weighted by Gasteiger charge is 2.01. The Kier molecular flexibility index (Phi) is 6.20. The Morgan fingerprint density at radius 2 is 2.29 bits per heavy atom. The lowest BCUT2D eigenvalue weighted by atomic mass is 10.2. The van der Waals surface area contributed by atoms with Gasteiger partial charge in [-0.1, -0.05) is 25.5 Å². The van der Waals surface area contributed by atoms with Gasteiger partial charge in [-0.05, 0) is 52.3 Å². The van der Waals surface area contributed by atoms with E-state index in [1.54, 1.807) is 6.20 Å². The van der Waals surface area contributed by atoms with Gasteiger partial charge in [0.25, 0.3) is 0 Å². The van der Waals surface area contributed by atoms with Crippen LogP contribution in [0, 0.1) is 0 Å². The fourth-order valence-corrected chi connectivity index (χ4v) is 2.46. The number of hydrogen-bond acceptors (Lipinski definition) is 2. The number of anilines is 1. The van der Waals surface area contributed by atoms with Crippen molar-refractivity contribution < 1.29 is 0 Å². The number of thiocarbonyl (C=S) groups is 1. The van der Waals surface area contributed by atoms with Crippen LogP contribution in [0.15, 0.2) is 41.1 Å². The molecule has 21 heavy (non-hydrogen) atoms. The van der Waals surface area contributed by atoms with Gasteiger partial charge in [0.05, 0.1) is 17.2 Å². The molecule has 0 atom stereocenters. The van der Waals surface area contributed by atoms with E-state index < -0.39 is 0 Å². The van der Waals surface area contributed by atoms with Crippen molar-refractivity contribution in [2.45, 2.75) is 26.3 Å². The van der Waals surface area contributed by atoms with E-state index in [1.165, 1.54) is 5.56 Å². The summed E-state index contributed by atoms with van der Waals surface area (Å²) in [7, 11) is 0. The van der Waals surface area contributed by atoms with E-state index in [9.17, 15) is 0 Å². The summed E-state index contributed by atoms with van der Waals surface area (Å²) >= 11 is 8.68. The molecule has 0 unspecified atom stereocenters. The molecule has 0 fully saturated rings. The van der Waals surface area contributed by atoms with Gasteiger partial charge >= 0.3 is 0 Å². The highest BCUT2D eigenvalue weighted by atomic mass is 79.9. The summed E-state index contributed by atoms with van der Waals surface area (Å²) in [4.78, 5) is 0. The summed E-state index contributed by atoms with van der Waals surface area (Å²) in [5.41, 5.74) is 2.17. The van der Waals surface area contributed by atoms with Crippen molar-refractivity contribution in [3.8, 4) is 0 Å². The van der Waals surface area contributed by atoms with Crippen LogP contribution in [0.5, 0.6) is 0 Å². The van der Waals surface area contributed by atoms with Crippen molar-refractivity contribution in [3.63, 3.8) is 0 Å². The molecule has 112 valence electrons. The maximum Gasteiger partial charge on any atom is 0.170 e. The largest absolute Gasteiger partial charge is 0.362 e. The Morgan fingerprint density at radius 1 is 1.43 bits per heavy atom. The molecule has 0 aliphatic heterocycles. The van der Waals surface area contributed by atoms with Gasteiger partial charge in [-0.25, -0.2) is 0 Å². The van der Waals surface area contributed by atoms with Gasteiger partial charge in [0.15, 0.2) is 5.11 Å². The molecule has 4 nitrogen and oxygen atoms in total. The lowest BCUT2D eigenvalue weighted by Gasteiger charge is -2.11. The second-order valence-electron chi connectivity index (χ2n) is 4.79. The molecule has 1 aromatic carbocycles. The van der Waals surface area contributed by atoms with Crippen LogP contribution < -0.4 is 10.6 Å². The van der Waals surface area contributed by atoms with Crippen molar-refractivity contribution in [1.29, 1.82) is 0 Å². The number of aromatic nitrogens is 2. The molecule has 0 saturated carbocycles. The summed E-state index contributed by atoms with van der Waals surface area (Å²) in [6, 6.07) is 8.19. The van der Waals surface area contributed by atoms with Crippen molar-refractivity contribution in [3.05, 3.63) is 46.7 Å². The van der Waals surface area contributed by atoms with Gasteiger partial charge in [0, 0.05) is 18.4 Å². The fraction of sp³-hybridized carbons (Fsp3) is 0.333. The molecule has 2 rings (SSSR count). The molecule has 1 heterocycles. The highest BCUT2D eigenvalue weighted by Crippen LogP contribution is 2.13. The lowest BCUT2D eigenvalue weighted by Crippen LogP contribution is -2.29. The number of hydrogen-bond donors (Lipinski definition) is 2. The number of benzene rings is 1. The molecule has 2 aromatic rings. The molecule has 6 heteroatoms. The monoisotopic (exact) mass is 366 g/mol. The average Bonchev–Trinajstić information content (AvgIpc) is 2.85. The molecule has 0 bridgehead atoms. The molecule has 2 N–H and O–H groups in total. The van der Waals surface area contributed by atoms with Crippen LogP contribution in [0.1, 0.15) is 25.3 Å². The Morgan fingerprint density at radius 3 is 3.00 bits per heavy atom. The van der Waals surface area contributed by atoms with Crippen molar-refractivity contribution in [2.75, 3.05) is 11.9 Å². The first kappa shape index (κ1) is 16.0. The minimum Gasteiger partial charge on any atom is -0.362 e. The van der Waals surface area contributed by atoms with Gasteiger partial charge in [-0.15, -0.1) is 0 Å². The third kappa shape index (κ3) is 5.47. The molecule has 0 amide bonds. The van der Waals surface area contributed by atoms with Gasteiger partial charge in [-0.2, -0.15) is 5.10 Å². The minimum absolute atomic E-state index is 0.669. The number of rotatable bonds is 6. The van der Waals surface area contributed by atoms with E-state index in [-0.39, 0.29) is 0 Å². The van der Waals surface area contributed by atoms with E-state index in [4.69, 9.17) is 12.2 Å². The van der Waals surface area contributed by atoms with Gasteiger partial charge in [0.1, 0.15) is 0 Å².